The van der Waals surface area contributed by atoms with Crippen molar-refractivity contribution in [3.8, 4) is 0 Å². The number of aldehydes is 1. The number of carbonyl (C=O) groups is 1. The van der Waals surface area contributed by atoms with Crippen LogP contribution >= 0.6 is 0 Å². The van der Waals surface area contributed by atoms with Crippen LogP contribution in [0.4, 0.5) is 0 Å². The van der Waals surface area contributed by atoms with Crippen LogP contribution in [0.3, 0.4) is 0 Å². The summed E-state index contributed by atoms with van der Waals surface area (Å²) in [6.07, 6.45) is 4.70. The molecule has 2 atom stereocenters. The molecular weight excluding hydrogens is 200 g/mol. The third-order valence-corrected chi connectivity index (χ3v) is 3.52. The fraction of sp³-hybridized carbons (Fsp3) is 0.500. The molecule has 0 aliphatic heterocycles. The normalized spacial score (nSPS) is 29.2. The lowest BCUT2D eigenvalue weighted by atomic mass is 9.93. The monoisotopic (exact) mass is 218 g/mol. The van der Waals surface area contributed by atoms with E-state index in [9.17, 15) is 9.90 Å². The summed E-state index contributed by atoms with van der Waals surface area (Å²) in [5, 5.41) is 10.1. The van der Waals surface area contributed by atoms with Crippen LogP contribution in [0.5, 0.6) is 0 Å². The Morgan fingerprint density at radius 3 is 2.81 bits per heavy atom. The molecule has 0 aromatic heterocycles. The quantitative estimate of drug-likeness (QED) is 0.788. The van der Waals surface area contributed by atoms with Crippen molar-refractivity contribution in [2.75, 3.05) is 0 Å². The van der Waals surface area contributed by atoms with Gasteiger partial charge in [-0.2, -0.15) is 0 Å². The minimum Gasteiger partial charge on any atom is -0.389 e. The van der Waals surface area contributed by atoms with E-state index in [2.05, 4.69) is 12.1 Å². The number of carbonyl (C=O) groups excluding carboxylic acids is 1. The van der Waals surface area contributed by atoms with Crippen molar-refractivity contribution in [1.82, 2.24) is 0 Å². The lowest BCUT2D eigenvalue weighted by molar-refractivity contribution is -0.112. The molecule has 86 valence electrons. The van der Waals surface area contributed by atoms with Crippen LogP contribution in [0.2, 0.25) is 0 Å². The van der Waals surface area contributed by atoms with Gasteiger partial charge in [0.05, 0.1) is 5.60 Å². The second-order valence-corrected chi connectivity index (χ2v) is 4.89. The molecular formula is C14H18O2. The molecule has 2 heteroatoms. The number of rotatable bonds is 4. The molecule has 2 rings (SSSR count). The smallest absolute Gasteiger partial charge is 0.122 e. The van der Waals surface area contributed by atoms with Gasteiger partial charge in [0, 0.05) is 6.42 Å². The summed E-state index contributed by atoms with van der Waals surface area (Å²) in [4.78, 5) is 10.5. The molecule has 0 saturated heterocycles. The van der Waals surface area contributed by atoms with E-state index in [-0.39, 0.29) is 6.42 Å². The van der Waals surface area contributed by atoms with E-state index in [1.165, 1.54) is 5.56 Å². The summed E-state index contributed by atoms with van der Waals surface area (Å²) >= 11 is 0. The van der Waals surface area contributed by atoms with Gasteiger partial charge >= 0.3 is 0 Å². The van der Waals surface area contributed by atoms with Crippen LogP contribution in [0, 0.1) is 5.92 Å². The molecule has 1 aromatic rings. The lowest BCUT2D eigenvalue weighted by Crippen LogP contribution is -2.25. The fourth-order valence-electron chi connectivity index (χ4n) is 2.68. The Hall–Kier alpha value is -1.15. The Labute approximate surface area is 96.3 Å². The zero-order valence-electron chi connectivity index (χ0n) is 9.43. The molecule has 1 fully saturated rings. The van der Waals surface area contributed by atoms with Crippen molar-refractivity contribution in [3.05, 3.63) is 35.9 Å². The minimum atomic E-state index is -0.721. The summed E-state index contributed by atoms with van der Waals surface area (Å²) in [7, 11) is 0. The first-order valence-corrected chi connectivity index (χ1v) is 5.92. The largest absolute Gasteiger partial charge is 0.389 e. The fourth-order valence-corrected chi connectivity index (χ4v) is 2.68. The topological polar surface area (TPSA) is 37.3 Å². The molecule has 0 amide bonds. The summed E-state index contributed by atoms with van der Waals surface area (Å²) in [5.74, 6) is 0.521. The van der Waals surface area contributed by atoms with Crippen molar-refractivity contribution >= 4 is 6.29 Å². The highest BCUT2D eigenvalue weighted by Gasteiger charge is 2.36. The summed E-state index contributed by atoms with van der Waals surface area (Å²) in [5.41, 5.74) is 0.601. The van der Waals surface area contributed by atoms with E-state index >= 15 is 0 Å². The van der Waals surface area contributed by atoms with Gasteiger partial charge < -0.3 is 9.90 Å². The third kappa shape index (κ3) is 2.70. The van der Waals surface area contributed by atoms with Gasteiger partial charge in [-0.25, -0.2) is 0 Å². The van der Waals surface area contributed by atoms with E-state index in [1.807, 2.05) is 18.2 Å². The zero-order valence-corrected chi connectivity index (χ0v) is 9.43. The van der Waals surface area contributed by atoms with Crippen molar-refractivity contribution in [2.45, 2.75) is 37.7 Å². The van der Waals surface area contributed by atoms with Crippen molar-refractivity contribution in [3.63, 3.8) is 0 Å². The molecule has 1 aliphatic carbocycles. The van der Waals surface area contributed by atoms with E-state index in [1.54, 1.807) is 0 Å². The third-order valence-electron chi connectivity index (χ3n) is 3.52. The van der Waals surface area contributed by atoms with E-state index in [0.717, 1.165) is 32.0 Å². The van der Waals surface area contributed by atoms with Crippen LogP contribution in [0.1, 0.15) is 31.2 Å². The maximum atomic E-state index is 10.5. The van der Waals surface area contributed by atoms with E-state index in [0.29, 0.717) is 5.92 Å². The predicted octanol–water partition coefficient (Wildman–Crippen LogP) is 2.35. The number of hydrogen-bond acceptors (Lipinski definition) is 2. The van der Waals surface area contributed by atoms with Crippen molar-refractivity contribution in [2.24, 2.45) is 5.92 Å². The standard InChI is InChI=1S/C14H18O2/c15-9-8-14(16)7-6-13(11-14)10-12-4-2-1-3-5-12/h1-5,9,13,16H,6-8,10-11H2/t13-,14?/m0/s1. The van der Waals surface area contributed by atoms with E-state index < -0.39 is 5.60 Å². The van der Waals surface area contributed by atoms with Gasteiger partial charge in [0.15, 0.2) is 0 Å². The summed E-state index contributed by atoms with van der Waals surface area (Å²) < 4.78 is 0. The summed E-state index contributed by atoms with van der Waals surface area (Å²) in [6.45, 7) is 0. The van der Waals surface area contributed by atoms with Gasteiger partial charge in [-0.1, -0.05) is 30.3 Å². The maximum Gasteiger partial charge on any atom is 0.122 e. The lowest BCUT2D eigenvalue weighted by Gasteiger charge is -2.19. The molecule has 2 nitrogen and oxygen atoms in total. The second-order valence-electron chi connectivity index (χ2n) is 4.89. The SMILES string of the molecule is O=CCC1(O)CC[C@@H](Cc2ccccc2)C1. The van der Waals surface area contributed by atoms with Crippen molar-refractivity contribution < 1.29 is 9.90 Å². The van der Waals surface area contributed by atoms with Crippen LogP contribution < -0.4 is 0 Å². The Morgan fingerprint density at radius 2 is 2.12 bits per heavy atom. The first-order valence-electron chi connectivity index (χ1n) is 5.92. The Morgan fingerprint density at radius 1 is 1.38 bits per heavy atom. The van der Waals surface area contributed by atoms with Gasteiger partial charge in [0.2, 0.25) is 0 Å². The average molecular weight is 218 g/mol. The molecule has 1 saturated carbocycles. The van der Waals surface area contributed by atoms with Crippen molar-refractivity contribution in [1.29, 1.82) is 0 Å². The molecule has 0 bridgehead atoms. The van der Waals surface area contributed by atoms with Crippen LogP contribution in [-0.4, -0.2) is 17.0 Å². The summed E-state index contributed by atoms with van der Waals surface area (Å²) in [6, 6.07) is 10.3. The van der Waals surface area contributed by atoms with Crippen LogP contribution in [0.15, 0.2) is 30.3 Å². The molecule has 1 N–H and O–H groups in total. The zero-order chi connectivity index (χ0) is 11.4. The highest BCUT2D eigenvalue weighted by atomic mass is 16.3. The van der Waals surface area contributed by atoms with Crippen LogP contribution in [-0.2, 0) is 11.2 Å². The van der Waals surface area contributed by atoms with E-state index in [4.69, 9.17) is 0 Å². The molecule has 1 aromatic carbocycles. The Kier molecular flexibility index (Phi) is 3.39. The highest BCUT2D eigenvalue weighted by molar-refractivity contribution is 5.51. The predicted molar refractivity (Wildman–Crippen MR) is 63.1 cm³/mol. The highest BCUT2D eigenvalue weighted by Crippen LogP contribution is 2.37. The Bertz CT molecular complexity index is 347. The van der Waals surface area contributed by atoms with Gasteiger partial charge in [-0.15, -0.1) is 0 Å². The first-order chi connectivity index (χ1) is 7.72. The van der Waals surface area contributed by atoms with Gasteiger partial charge in [0.25, 0.3) is 0 Å². The molecule has 0 heterocycles. The number of aliphatic hydroxyl groups is 1. The molecule has 1 aliphatic rings. The number of benzene rings is 1. The van der Waals surface area contributed by atoms with Gasteiger partial charge in [-0.3, -0.25) is 0 Å². The van der Waals surface area contributed by atoms with Gasteiger partial charge in [-0.05, 0) is 37.2 Å². The molecule has 16 heavy (non-hydrogen) atoms. The van der Waals surface area contributed by atoms with Crippen LogP contribution in [0.25, 0.3) is 0 Å². The molecule has 0 radical (unpaired) electrons. The maximum absolute atomic E-state index is 10.5. The van der Waals surface area contributed by atoms with Gasteiger partial charge in [0.1, 0.15) is 6.29 Å². The minimum absolute atomic E-state index is 0.290. The Balaban J connectivity index is 1.92. The average Bonchev–Trinajstić information content (AvgIpc) is 2.62. The molecule has 0 spiro atoms. The number of hydrogen-bond donors (Lipinski definition) is 1. The molecule has 1 unspecified atom stereocenters. The first kappa shape index (κ1) is 11.3. The second kappa shape index (κ2) is 4.79.